The Kier molecular flexibility index (Phi) is 5.20. The van der Waals surface area contributed by atoms with Crippen molar-refractivity contribution in [1.29, 1.82) is 0 Å². The highest BCUT2D eigenvalue weighted by atomic mass is 19.4. The largest absolute Gasteiger partial charge is 0.471 e. The highest BCUT2D eigenvalue weighted by Crippen LogP contribution is 2.30. The number of nitrogens with zero attached hydrogens (tertiary/aromatic N) is 6. The lowest BCUT2D eigenvalue weighted by molar-refractivity contribution is -0.159. The van der Waals surface area contributed by atoms with Crippen LogP contribution in [0, 0.1) is 13.8 Å². The third-order valence-corrected chi connectivity index (χ3v) is 4.61. The second-order valence-corrected chi connectivity index (χ2v) is 6.97. The van der Waals surface area contributed by atoms with Gasteiger partial charge < -0.3 is 4.52 Å². The normalized spacial score (nSPS) is 11.8. The van der Waals surface area contributed by atoms with E-state index >= 15 is 0 Å². The predicted molar refractivity (Wildman–Crippen MR) is 105 cm³/mol. The Hall–Kier alpha value is -4.09. The van der Waals surface area contributed by atoms with Crippen LogP contribution in [0.4, 0.5) is 13.2 Å². The summed E-state index contributed by atoms with van der Waals surface area (Å²) in [5.41, 5.74) is 0.961. The molecule has 0 fully saturated rings. The molecule has 0 aliphatic heterocycles. The minimum Gasteiger partial charge on any atom is -0.329 e. The molecule has 0 radical (unpaired) electrons. The van der Waals surface area contributed by atoms with Crippen LogP contribution in [-0.2, 0) is 6.18 Å². The Morgan fingerprint density at radius 3 is 1.88 bits per heavy atom. The lowest BCUT2D eigenvalue weighted by Gasteiger charge is -2.22. The fraction of sp³-hybridized carbons (Fsp3) is 0.200. The Bertz CT molecular complexity index is 1330. The first kappa shape index (κ1) is 21.2. The molecule has 4 aromatic rings. The first-order chi connectivity index (χ1) is 15.1. The lowest BCUT2D eigenvalue weighted by atomic mass is 10.1. The van der Waals surface area contributed by atoms with Gasteiger partial charge in [-0.1, -0.05) is 29.4 Å². The van der Waals surface area contributed by atoms with Gasteiger partial charge in [0.25, 0.3) is 11.1 Å². The molecule has 32 heavy (non-hydrogen) atoms. The van der Waals surface area contributed by atoms with Crippen molar-refractivity contribution >= 4 is 0 Å². The summed E-state index contributed by atoms with van der Waals surface area (Å²) in [6.07, 6.45) is -3.05. The van der Waals surface area contributed by atoms with Crippen LogP contribution in [0.25, 0.3) is 11.4 Å². The van der Waals surface area contributed by atoms with E-state index in [1.165, 1.54) is 46.1 Å². The molecule has 0 atom stereocenters. The average Bonchev–Trinajstić information content (AvgIpc) is 3.22. The van der Waals surface area contributed by atoms with Crippen LogP contribution in [0.2, 0.25) is 0 Å². The minimum atomic E-state index is -4.75. The first-order valence-electron chi connectivity index (χ1n) is 9.24. The van der Waals surface area contributed by atoms with Gasteiger partial charge in [-0.15, -0.1) is 0 Å². The molecular weight excluding hydrogens is 429 g/mol. The highest BCUT2D eigenvalue weighted by molar-refractivity contribution is 5.55. The van der Waals surface area contributed by atoms with Gasteiger partial charge in [-0.25, -0.2) is 9.97 Å². The summed E-state index contributed by atoms with van der Waals surface area (Å²) in [6.45, 7) is 3.32. The van der Waals surface area contributed by atoms with Crippen LogP contribution >= 0.6 is 0 Å². The Morgan fingerprint density at radius 2 is 1.44 bits per heavy atom. The van der Waals surface area contributed by atoms with Crippen molar-refractivity contribution in [2.45, 2.75) is 26.2 Å². The number of aryl methyl sites for hydroxylation is 2. The summed E-state index contributed by atoms with van der Waals surface area (Å²) in [7, 11) is 0. The third kappa shape index (κ3) is 4.06. The van der Waals surface area contributed by atoms with Crippen LogP contribution in [0.5, 0.6) is 0 Å². The van der Waals surface area contributed by atoms with Gasteiger partial charge in [0.2, 0.25) is 5.82 Å². The number of aromatic nitrogens is 6. The van der Waals surface area contributed by atoms with Gasteiger partial charge in [0, 0.05) is 29.1 Å². The molecule has 0 N–H and O–H groups in total. The van der Waals surface area contributed by atoms with Crippen molar-refractivity contribution in [1.82, 2.24) is 29.2 Å². The summed E-state index contributed by atoms with van der Waals surface area (Å²) in [5.74, 6) is -1.70. The van der Waals surface area contributed by atoms with Gasteiger partial charge >= 0.3 is 12.1 Å². The Labute approximate surface area is 177 Å². The predicted octanol–water partition coefficient (Wildman–Crippen LogP) is 2.58. The first-order valence-corrected chi connectivity index (χ1v) is 9.24. The van der Waals surface area contributed by atoms with Crippen molar-refractivity contribution in [2.24, 2.45) is 0 Å². The molecule has 0 amide bonds. The lowest BCUT2D eigenvalue weighted by Crippen LogP contribution is -2.35. The molecule has 1 aromatic carbocycles. The fourth-order valence-corrected chi connectivity index (χ4v) is 3.08. The van der Waals surface area contributed by atoms with Gasteiger partial charge in [0.05, 0.1) is 12.7 Å². The molecule has 0 saturated heterocycles. The highest BCUT2D eigenvalue weighted by Gasteiger charge is 2.38. The Balaban J connectivity index is 1.80. The van der Waals surface area contributed by atoms with Gasteiger partial charge in [-0.3, -0.25) is 18.7 Å². The van der Waals surface area contributed by atoms with Crippen molar-refractivity contribution in [2.75, 3.05) is 0 Å². The molecule has 9 nitrogen and oxygen atoms in total. The van der Waals surface area contributed by atoms with Crippen LogP contribution in [-0.4, -0.2) is 29.2 Å². The van der Waals surface area contributed by atoms with Crippen molar-refractivity contribution in [3.63, 3.8) is 0 Å². The molecule has 3 aromatic heterocycles. The van der Waals surface area contributed by atoms with Crippen LogP contribution in [0.15, 0.2) is 63.2 Å². The summed E-state index contributed by atoms with van der Waals surface area (Å²) in [5, 5.41) is 3.35. The van der Waals surface area contributed by atoms with Crippen LogP contribution in [0.3, 0.4) is 0 Å². The average molecular weight is 444 g/mol. The number of rotatable bonds is 4. The van der Waals surface area contributed by atoms with E-state index in [-0.39, 0.29) is 11.4 Å². The Morgan fingerprint density at radius 1 is 0.906 bits per heavy atom. The van der Waals surface area contributed by atoms with E-state index in [1.807, 2.05) is 0 Å². The number of hydrogen-bond acceptors (Lipinski definition) is 7. The van der Waals surface area contributed by atoms with E-state index < -0.39 is 29.4 Å². The zero-order valence-corrected chi connectivity index (χ0v) is 16.7. The smallest absolute Gasteiger partial charge is 0.329 e. The summed E-state index contributed by atoms with van der Waals surface area (Å²) in [4.78, 5) is 36.9. The zero-order chi connectivity index (χ0) is 23.0. The van der Waals surface area contributed by atoms with Crippen molar-refractivity contribution in [3.8, 4) is 11.4 Å². The molecule has 0 unspecified atom stereocenters. The molecule has 0 spiro atoms. The number of benzene rings is 1. The number of hydrogen-bond donors (Lipinski definition) is 0. The van der Waals surface area contributed by atoms with Gasteiger partial charge in [0.15, 0.2) is 0 Å². The zero-order valence-electron chi connectivity index (χ0n) is 16.7. The van der Waals surface area contributed by atoms with Crippen LogP contribution in [0.1, 0.15) is 29.0 Å². The molecule has 0 aliphatic carbocycles. The van der Waals surface area contributed by atoms with Gasteiger partial charge in [-0.2, -0.15) is 18.2 Å². The summed E-state index contributed by atoms with van der Waals surface area (Å²) < 4.78 is 44.9. The standard InChI is InChI=1S/C20H15F3N6O3/c1-11-7-15(30)28(9-24-11)18(29-10-25-12(2)8-16(29)31)14-5-3-13(4-6-14)17-26-19(32-27-17)20(21,22)23/h3-10,18H,1-2H3. The SMILES string of the molecule is Cc1cc(=O)n(C(c2ccc(-c3noc(C(F)(F)F)n3)cc2)n2cnc(C)cc2=O)cn1. The topological polar surface area (TPSA) is 109 Å². The van der Waals surface area contributed by atoms with Gasteiger partial charge in [-0.05, 0) is 19.4 Å². The molecule has 0 bridgehead atoms. The third-order valence-electron chi connectivity index (χ3n) is 4.61. The molecule has 4 rings (SSSR count). The van der Waals surface area contributed by atoms with E-state index in [9.17, 15) is 22.8 Å². The van der Waals surface area contributed by atoms with E-state index in [0.29, 0.717) is 17.0 Å². The van der Waals surface area contributed by atoms with E-state index in [4.69, 9.17) is 0 Å². The van der Waals surface area contributed by atoms with E-state index in [0.717, 1.165) is 0 Å². The quantitative estimate of drug-likeness (QED) is 0.476. The fourth-order valence-electron chi connectivity index (χ4n) is 3.08. The number of halogens is 3. The van der Waals surface area contributed by atoms with Crippen molar-refractivity contribution < 1.29 is 17.7 Å². The summed E-state index contributed by atoms with van der Waals surface area (Å²) in [6, 6.07) is 8.67. The molecule has 164 valence electrons. The second-order valence-electron chi connectivity index (χ2n) is 6.97. The van der Waals surface area contributed by atoms with Gasteiger partial charge in [0.1, 0.15) is 6.17 Å². The minimum absolute atomic E-state index is 0.247. The monoisotopic (exact) mass is 444 g/mol. The molecule has 3 heterocycles. The molecule has 12 heteroatoms. The van der Waals surface area contributed by atoms with Crippen molar-refractivity contribution in [3.05, 3.63) is 92.6 Å². The van der Waals surface area contributed by atoms with Crippen LogP contribution < -0.4 is 11.1 Å². The maximum absolute atomic E-state index is 12.7. The van der Waals surface area contributed by atoms with E-state index in [1.54, 1.807) is 26.0 Å². The summed E-state index contributed by atoms with van der Waals surface area (Å²) >= 11 is 0. The molecular formula is C20H15F3N6O3. The van der Waals surface area contributed by atoms with E-state index in [2.05, 4.69) is 24.6 Å². The second kappa shape index (κ2) is 7.87. The number of alkyl halides is 3. The maximum atomic E-state index is 12.7. The molecule has 0 aliphatic rings. The maximum Gasteiger partial charge on any atom is 0.471 e. The molecule has 0 saturated carbocycles.